The first kappa shape index (κ1) is 23.2. The zero-order valence-corrected chi connectivity index (χ0v) is 17.1. The Balaban J connectivity index is 2.57. The lowest BCUT2D eigenvalue weighted by atomic mass is 10.1. The number of rotatable bonds is 7. The topological polar surface area (TPSA) is 89.7 Å². The molecule has 158 valence electrons. The minimum Gasteiger partial charge on any atom is -0.456 e. The summed E-state index contributed by atoms with van der Waals surface area (Å²) in [5.74, 6) is -0.153. The molecule has 6 nitrogen and oxygen atoms in total. The Kier molecular flexibility index (Phi) is 6.98. The van der Waals surface area contributed by atoms with Gasteiger partial charge in [0.25, 0.3) is 5.69 Å². The average molecular weight is 452 g/mol. The second kappa shape index (κ2) is 8.73. The fourth-order valence-corrected chi connectivity index (χ4v) is 4.72. The van der Waals surface area contributed by atoms with Crippen molar-refractivity contribution in [3.05, 3.63) is 56.6 Å². The minimum atomic E-state index is -4.58. The van der Waals surface area contributed by atoms with Gasteiger partial charge in [0.15, 0.2) is 0 Å². The van der Waals surface area contributed by atoms with Crippen LogP contribution in [0, 0.1) is 10.1 Å². The third-order valence-corrected chi connectivity index (χ3v) is 6.54. The van der Waals surface area contributed by atoms with Gasteiger partial charge in [0.05, 0.1) is 15.5 Å². The Hall–Kier alpha value is -2.09. The van der Waals surface area contributed by atoms with E-state index in [4.69, 9.17) is 16.3 Å². The summed E-state index contributed by atoms with van der Waals surface area (Å²) in [4.78, 5) is 21.1. The van der Waals surface area contributed by atoms with E-state index >= 15 is 0 Å². The van der Waals surface area contributed by atoms with E-state index in [0.29, 0.717) is 12.5 Å². The number of benzene rings is 2. The molecule has 2 aromatic rings. The van der Waals surface area contributed by atoms with Gasteiger partial charge in [-0.1, -0.05) is 25.4 Å². The quantitative estimate of drug-likeness (QED) is 0.320. The monoisotopic (exact) mass is 451 g/mol. The molecule has 0 spiro atoms. The van der Waals surface area contributed by atoms with E-state index in [1.165, 1.54) is 6.07 Å². The van der Waals surface area contributed by atoms with Gasteiger partial charge >= 0.3 is 6.18 Å². The second-order valence-electron chi connectivity index (χ2n) is 6.23. The van der Waals surface area contributed by atoms with Crippen LogP contribution in [0.5, 0.6) is 11.5 Å². The zero-order chi connectivity index (χ0) is 22.0. The van der Waals surface area contributed by atoms with Gasteiger partial charge < -0.3 is 9.63 Å². The molecule has 11 heteroatoms. The molecule has 0 aliphatic heterocycles. The summed E-state index contributed by atoms with van der Waals surface area (Å²) in [7, 11) is -4.05. The van der Waals surface area contributed by atoms with Crippen LogP contribution in [0.25, 0.3) is 0 Å². The van der Waals surface area contributed by atoms with Crippen LogP contribution < -0.4 is 10.0 Å². The summed E-state index contributed by atoms with van der Waals surface area (Å²) >= 11 is 5.88. The van der Waals surface area contributed by atoms with E-state index in [2.05, 4.69) is 0 Å². The zero-order valence-electron chi connectivity index (χ0n) is 15.5. The molecule has 0 amide bonds. The normalized spacial score (nSPS) is 13.8. The molecule has 1 unspecified atom stereocenters. The van der Waals surface area contributed by atoms with Crippen molar-refractivity contribution < 1.29 is 32.3 Å². The van der Waals surface area contributed by atoms with Gasteiger partial charge in [-0.2, -0.15) is 13.2 Å². The van der Waals surface area contributed by atoms with Crippen molar-refractivity contribution in [1.29, 1.82) is 0 Å². The molecule has 2 rings (SSSR count). The Morgan fingerprint density at radius 2 is 1.90 bits per heavy atom. The van der Waals surface area contributed by atoms with E-state index < -0.39 is 29.7 Å². The number of aryl methyl sites for hydroxylation is 1. The maximum absolute atomic E-state index is 12.8. The molecular weight excluding hydrogens is 434 g/mol. The maximum Gasteiger partial charge on any atom is 0.416 e. The van der Waals surface area contributed by atoms with Crippen LogP contribution in [0.2, 0.25) is 5.02 Å². The molecule has 2 aromatic carbocycles. The third-order valence-electron chi connectivity index (χ3n) is 4.10. The average Bonchev–Trinajstić information content (AvgIpc) is 2.61. The molecule has 0 heterocycles. The van der Waals surface area contributed by atoms with Crippen molar-refractivity contribution in [2.45, 2.75) is 32.9 Å². The molecule has 0 radical (unpaired) electrons. The van der Waals surface area contributed by atoms with Crippen LogP contribution in [-0.2, 0) is 17.2 Å². The lowest BCUT2D eigenvalue weighted by Crippen LogP contribution is -2.15. The standard InChI is InChI=1S/C18H18ClF3NO5P/c1-3-7-29(26,27)16-10-13(8-11(4-2)17(16)23(24)25)28-15-6-5-12(9-14(15)19)18(20,21)22/h5-6,8-10H,3-4,7H2,1-2H3,(H,26,27). The number of halogens is 4. The number of nitro groups is 1. The Morgan fingerprint density at radius 1 is 1.24 bits per heavy atom. The fraction of sp³-hybridized carbons (Fsp3) is 0.333. The number of nitrogens with zero attached hydrogens (tertiary/aromatic N) is 1. The van der Waals surface area contributed by atoms with Gasteiger partial charge in [-0.3, -0.25) is 14.7 Å². The molecular formula is C18H18ClF3NO5P. The summed E-state index contributed by atoms with van der Waals surface area (Å²) in [6.07, 6.45) is -4.25. The highest BCUT2D eigenvalue weighted by Gasteiger charge is 2.34. The molecule has 0 saturated carbocycles. The molecule has 1 atom stereocenters. The number of alkyl halides is 3. The van der Waals surface area contributed by atoms with Gasteiger partial charge in [0.1, 0.15) is 16.8 Å². The lowest BCUT2D eigenvalue weighted by molar-refractivity contribution is -0.384. The van der Waals surface area contributed by atoms with Gasteiger partial charge in [-0.05, 0) is 37.1 Å². The summed E-state index contributed by atoms with van der Waals surface area (Å²) in [5, 5.41) is 10.8. The minimum absolute atomic E-state index is 0.0329. The van der Waals surface area contributed by atoms with Crippen LogP contribution in [0.3, 0.4) is 0 Å². The Bertz CT molecular complexity index is 981. The van der Waals surface area contributed by atoms with Crippen molar-refractivity contribution in [2.24, 2.45) is 0 Å². The van der Waals surface area contributed by atoms with E-state index in [1.807, 2.05) is 0 Å². The highest BCUT2D eigenvalue weighted by Crippen LogP contribution is 2.46. The molecule has 0 fully saturated rings. The molecule has 29 heavy (non-hydrogen) atoms. The molecule has 0 aliphatic carbocycles. The first-order chi connectivity index (χ1) is 13.4. The first-order valence-electron chi connectivity index (χ1n) is 8.59. The molecule has 1 N–H and O–H groups in total. The Labute approximate surface area is 169 Å². The number of hydrogen-bond acceptors (Lipinski definition) is 4. The molecule has 0 bridgehead atoms. The fourth-order valence-electron chi connectivity index (χ4n) is 2.77. The predicted octanol–water partition coefficient (Wildman–Crippen LogP) is 5.93. The van der Waals surface area contributed by atoms with E-state index in [0.717, 1.165) is 18.2 Å². The first-order valence-corrected chi connectivity index (χ1v) is 10.8. The highest BCUT2D eigenvalue weighted by molar-refractivity contribution is 7.66. The molecule has 0 saturated heterocycles. The van der Waals surface area contributed by atoms with Crippen LogP contribution in [0.1, 0.15) is 31.4 Å². The van der Waals surface area contributed by atoms with Gasteiger partial charge in [0, 0.05) is 17.8 Å². The summed E-state index contributed by atoms with van der Waals surface area (Å²) in [5.41, 5.74) is -1.26. The predicted molar refractivity (Wildman–Crippen MR) is 104 cm³/mol. The van der Waals surface area contributed by atoms with Crippen LogP contribution in [-0.4, -0.2) is 16.0 Å². The lowest BCUT2D eigenvalue weighted by Gasteiger charge is -2.16. The van der Waals surface area contributed by atoms with Crippen molar-refractivity contribution in [3.8, 4) is 11.5 Å². The van der Waals surface area contributed by atoms with E-state index in [1.54, 1.807) is 13.8 Å². The van der Waals surface area contributed by atoms with Crippen LogP contribution in [0.15, 0.2) is 30.3 Å². The van der Waals surface area contributed by atoms with Crippen molar-refractivity contribution in [2.75, 3.05) is 6.16 Å². The summed E-state index contributed by atoms with van der Waals surface area (Å²) < 4.78 is 56.5. The van der Waals surface area contributed by atoms with Crippen LogP contribution >= 0.6 is 19.0 Å². The van der Waals surface area contributed by atoms with Crippen molar-refractivity contribution in [3.63, 3.8) is 0 Å². The summed E-state index contributed by atoms with van der Waals surface area (Å²) in [6, 6.07) is 4.87. The number of nitro benzene ring substituents is 1. The largest absolute Gasteiger partial charge is 0.456 e. The summed E-state index contributed by atoms with van der Waals surface area (Å²) in [6.45, 7) is 3.29. The van der Waals surface area contributed by atoms with Crippen molar-refractivity contribution in [1.82, 2.24) is 0 Å². The van der Waals surface area contributed by atoms with Crippen LogP contribution in [0.4, 0.5) is 18.9 Å². The number of hydrogen-bond donors (Lipinski definition) is 1. The van der Waals surface area contributed by atoms with Gasteiger partial charge in [-0.25, -0.2) is 0 Å². The van der Waals surface area contributed by atoms with Gasteiger partial charge in [0.2, 0.25) is 7.37 Å². The number of ether oxygens (including phenoxy) is 1. The van der Waals surface area contributed by atoms with E-state index in [-0.39, 0.29) is 40.0 Å². The van der Waals surface area contributed by atoms with Gasteiger partial charge in [-0.15, -0.1) is 0 Å². The highest BCUT2D eigenvalue weighted by atomic mass is 35.5. The maximum atomic E-state index is 12.8. The molecule has 0 aliphatic rings. The Morgan fingerprint density at radius 3 is 2.38 bits per heavy atom. The SMILES string of the molecule is CCCP(=O)(O)c1cc(Oc2ccc(C(F)(F)F)cc2Cl)cc(CC)c1[N+](=O)[O-]. The third kappa shape index (κ3) is 5.29. The van der Waals surface area contributed by atoms with Crippen molar-refractivity contribution >= 4 is 30.0 Å². The smallest absolute Gasteiger partial charge is 0.416 e. The van der Waals surface area contributed by atoms with E-state index in [9.17, 15) is 32.7 Å². The second-order valence-corrected chi connectivity index (χ2v) is 8.97. The molecule has 0 aromatic heterocycles.